The van der Waals surface area contributed by atoms with Gasteiger partial charge in [-0.15, -0.1) is 0 Å². The molecule has 8 nitrogen and oxygen atoms in total. The Morgan fingerprint density at radius 3 is 1.76 bits per heavy atom. The predicted octanol–water partition coefficient (Wildman–Crippen LogP) is 6.62. The summed E-state index contributed by atoms with van der Waals surface area (Å²) in [6, 6.07) is 18.6. The zero-order valence-electron chi connectivity index (χ0n) is 26.2. The van der Waals surface area contributed by atoms with Crippen LogP contribution < -0.4 is 15.4 Å². The number of hydrogen-bond donors (Lipinski definition) is 2. The fourth-order valence-corrected chi connectivity index (χ4v) is 7.47. The number of carbonyl (C=O) groups excluding carboxylic acids is 3. The van der Waals surface area contributed by atoms with Crippen molar-refractivity contribution in [1.82, 2.24) is 0 Å². The lowest BCUT2D eigenvalue weighted by molar-refractivity contribution is -0.119. The molecule has 0 fully saturated rings. The van der Waals surface area contributed by atoms with Gasteiger partial charge in [-0.1, -0.05) is 39.8 Å². The average Bonchev–Trinajstić information content (AvgIpc) is 2.95. The lowest BCUT2D eigenvalue weighted by atomic mass is 9.63. The molecule has 1 aliphatic heterocycles. The van der Waals surface area contributed by atoms with Gasteiger partial charge in [-0.3, -0.25) is 14.4 Å². The van der Waals surface area contributed by atoms with Gasteiger partial charge in [0, 0.05) is 58.2 Å². The molecular weight excluding hydrogens is 605 g/mol. The van der Waals surface area contributed by atoms with E-state index in [2.05, 4.69) is 37.9 Å². The average molecular weight is 642 g/mol. The van der Waals surface area contributed by atoms with Crippen molar-refractivity contribution in [2.45, 2.75) is 64.2 Å². The zero-order chi connectivity index (χ0) is 33.2. The molecule has 0 unspecified atom stereocenters. The third kappa shape index (κ3) is 5.94. The highest BCUT2D eigenvalue weighted by atomic mass is 32.2. The van der Waals surface area contributed by atoms with Gasteiger partial charge in [0.05, 0.1) is 4.90 Å². The van der Waals surface area contributed by atoms with E-state index in [4.69, 9.17) is 5.14 Å². The van der Waals surface area contributed by atoms with Crippen molar-refractivity contribution >= 4 is 38.9 Å². The van der Waals surface area contributed by atoms with Crippen molar-refractivity contribution in [3.05, 3.63) is 112 Å². The number of carbonyl (C=O) groups is 3. The fourth-order valence-electron chi connectivity index (χ4n) is 6.96. The summed E-state index contributed by atoms with van der Waals surface area (Å²) >= 11 is 0. The number of amides is 1. The smallest absolute Gasteiger partial charge is 0.255 e. The van der Waals surface area contributed by atoms with Crippen LogP contribution in [-0.2, 0) is 19.6 Å². The summed E-state index contributed by atoms with van der Waals surface area (Å²) in [7, 11) is -3.86. The predicted molar refractivity (Wildman–Crippen MR) is 174 cm³/mol. The van der Waals surface area contributed by atoms with Gasteiger partial charge in [-0.05, 0) is 89.9 Å². The number of hydrogen-bond acceptors (Lipinski definition) is 6. The Kier molecular flexibility index (Phi) is 7.64. The molecule has 3 aromatic carbocycles. The van der Waals surface area contributed by atoms with Gasteiger partial charge >= 0.3 is 0 Å². The van der Waals surface area contributed by atoms with Gasteiger partial charge in [0.15, 0.2) is 11.6 Å². The first-order valence-electron chi connectivity index (χ1n) is 15.2. The van der Waals surface area contributed by atoms with Crippen LogP contribution in [0.1, 0.15) is 75.2 Å². The van der Waals surface area contributed by atoms with Gasteiger partial charge in [0.25, 0.3) is 5.91 Å². The highest BCUT2D eigenvalue weighted by molar-refractivity contribution is 7.89. The van der Waals surface area contributed by atoms with Crippen molar-refractivity contribution in [2.75, 3.05) is 10.2 Å². The van der Waals surface area contributed by atoms with E-state index >= 15 is 0 Å². The van der Waals surface area contributed by atoms with Crippen LogP contribution >= 0.6 is 0 Å². The molecule has 10 heteroatoms. The van der Waals surface area contributed by atoms with Gasteiger partial charge < -0.3 is 10.2 Å². The Hall–Kier alpha value is -4.41. The Labute approximate surface area is 268 Å². The maximum absolute atomic E-state index is 14.0. The minimum atomic E-state index is -3.86. The topological polar surface area (TPSA) is 127 Å². The normalized spacial score (nSPS) is 19.6. The SMILES string of the molecule is CC1(C)CC(=O)C2=C(C1)N(c1ccc(C(=O)Nc3ccc(S(N)(=O)=O)cc3)cc1)C1=C(C(=O)CC(C)(C)C1)C2c1ccc(F)cc1. The van der Waals surface area contributed by atoms with Gasteiger partial charge in [-0.2, -0.15) is 0 Å². The largest absolute Gasteiger partial charge is 0.322 e. The van der Waals surface area contributed by atoms with Crippen LogP contribution in [0.3, 0.4) is 0 Å². The molecule has 3 aromatic rings. The van der Waals surface area contributed by atoms with Crippen molar-refractivity contribution in [1.29, 1.82) is 0 Å². The molecule has 0 spiro atoms. The number of ketones is 2. The van der Waals surface area contributed by atoms with Crippen LogP contribution in [0, 0.1) is 16.6 Å². The molecule has 2 aliphatic carbocycles. The van der Waals surface area contributed by atoms with E-state index in [0.717, 1.165) is 17.1 Å². The molecule has 0 bridgehead atoms. The number of nitrogens with two attached hydrogens (primary N) is 1. The first-order valence-corrected chi connectivity index (χ1v) is 16.7. The number of sulfonamides is 1. The number of primary sulfonamides is 1. The highest BCUT2D eigenvalue weighted by Gasteiger charge is 2.49. The summed E-state index contributed by atoms with van der Waals surface area (Å²) in [6.07, 6.45) is 1.84. The van der Waals surface area contributed by atoms with Crippen LogP contribution in [0.5, 0.6) is 0 Å². The van der Waals surface area contributed by atoms with Crippen molar-refractivity contribution in [3.8, 4) is 0 Å². The van der Waals surface area contributed by atoms with E-state index in [1.165, 1.54) is 36.4 Å². The molecule has 0 radical (unpaired) electrons. The quantitative estimate of drug-likeness (QED) is 0.323. The monoisotopic (exact) mass is 641 g/mol. The highest BCUT2D eigenvalue weighted by Crippen LogP contribution is 2.55. The van der Waals surface area contributed by atoms with E-state index in [1.54, 1.807) is 24.3 Å². The molecule has 6 rings (SSSR count). The number of nitrogens with one attached hydrogen (secondary N) is 1. The third-order valence-electron chi connectivity index (χ3n) is 8.94. The Morgan fingerprint density at radius 1 is 0.783 bits per heavy atom. The number of halogens is 1. The van der Waals surface area contributed by atoms with E-state index in [9.17, 15) is 27.2 Å². The summed E-state index contributed by atoms with van der Waals surface area (Å²) in [5, 5.41) is 7.93. The molecule has 0 saturated heterocycles. The molecule has 0 saturated carbocycles. The summed E-state index contributed by atoms with van der Waals surface area (Å²) in [5.41, 5.74) is 4.35. The molecule has 0 aromatic heterocycles. The maximum atomic E-state index is 14.0. The number of rotatable bonds is 5. The van der Waals surface area contributed by atoms with Crippen molar-refractivity contribution < 1.29 is 27.2 Å². The Balaban J connectivity index is 1.43. The second-order valence-corrected chi connectivity index (χ2v) is 15.6. The number of anilines is 2. The van der Waals surface area contributed by atoms with Crippen LogP contribution in [0.2, 0.25) is 0 Å². The summed E-state index contributed by atoms with van der Waals surface area (Å²) in [5.74, 6) is -1.42. The Morgan fingerprint density at radius 2 is 1.28 bits per heavy atom. The van der Waals surface area contributed by atoms with Gasteiger partial charge in [0.1, 0.15) is 5.82 Å². The molecule has 0 atom stereocenters. The standard InChI is InChI=1S/C36H36FN3O5S/c1-35(2)17-27-32(29(41)19-35)31(21-5-9-23(37)10-6-21)33-28(18-36(3,4)20-30(33)42)40(27)25-13-7-22(8-14-25)34(43)39-24-11-15-26(16-12-24)46(38,44)45/h5-16,31H,17-20H2,1-4H3,(H,39,43)(H2,38,44,45). The van der Waals surface area contributed by atoms with Crippen molar-refractivity contribution in [2.24, 2.45) is 16.0 Å². The molecule has 3 N–H and O–H groups in total. The summed E-state index contributed by atoms with van der Waals surface area (Å²) < 4.78 is 37.1. The first-order chi connectivity index (χ1) is 21.5. The maximum Gasteiger partial charge on any atom is 0.255 e. The van der Waals surface area contributed by atoms with E-state index < -0.39 is 21.8 Å². The molecule has 1 heterocycles. The fraction of sp³-hybridized carbons (Fsp3) is 0.306. The second-order valence-electron chi connectivity index (χ2n) is 14.0. The van der Waals surface area contributed by atoms with Gasteiger partial charge in [-0.25, -0.2) is 17.9 Å². The molecular formula is C36H36FN3O5S. The van der Waals surface area contributed by atoms with E-state index in [1.807, 2.05) is 12.1 Å². The Bertz CT molecular complexity index is 1890. The van der Waals surface area contributed by atoms with Gasteiger partial charge in [0.2, 0.25) is 10.0 Å². The van der Waals surface area contributed by atoms with Crippen LogP contribution in [0.25, 0.3) is 0 Å². The van der Waals surface area contributed by atoms with Crippen LogP contribution in [-0.4, -0.2) is 25.9 Å². The summed E-state index contributed by atoms with van der Waals surface area (Å²) in [4.78, 5) is 43.1. The molecule has 3 aliphatic rings. The number of benzene rings is 3. The first kappa shape index (κ1) is 31.6. The number of Topliss-reactive ketones (excluding diaryl/α,β-unsaturated/α-hetero) is 2. The molecule has 46 heavy (non-hydrogen) atoms. The minimum Gasteiger partial charge on any atom is -0.322 e. The van der Waals surface area contributed by atoms with Crippen molar-refractivity contribution in [3.63, 3.8) is 0 Å². The molecule has 238 valence electrons. The third-order valence-corrected chi connectivity index (χ3v) is 9.87. The second kappa shape index (κ2) is 11.1. The van der Waals surface area contributed by atoms with E-state index in [0.29, 0.717) is 53.6 Å². The zero-order valence-corrected chi connectivity index (χ0v) is 27.0. The summed E-state index contributed by atoms with van der Waals surface area (Å²) in [6.45, 7) is 8.23. The molecule has 1 amide bonds. The van der Waals surface area contributed by atoms with Crippen LogP contribution in [0.15, 0.2) is 100 Å². The number of allylic oxidation sites excluding steroid dienone is 4. The lowest BCUT2D eigenvalue weighted by Gasteiger charge is -2.49. The van der Waals surface area contributed by atoms with Crippen LogP contribution in [0.4, 0.5) is 15.8 Å². The minimum absolute atomic E-state index is 0.0285. The van der Waals surface area contributed by atoms with E-state index in [-0.39, 0.29) is 33.1 Å². The lowest BCUT2D eigenvalue weighted by Crippen LogP contribution is -2.44. The number of nitrogens with zero attached hydrogens (tertiary/aromatic N) is 1.